The van der Waals surface area contributed by atoms with Crippen molar-refractivity contribution in [2.45, 2.75) is 45.8 Å². The van der Waals surface area contributed by atoms with E-state index < -0.39 is 5.60 Å². The van der Waals surface area contributed by atoms with Crippen molar-refractivity contribution in [1.29, 1.82) is 0 Å². The van der Waals surface area contributed by atoms with Gasteiger partial charge >= 0.3 is 6.09 Å². The topological polar surface area (TPSA) is 43.7 Å². The summed E-state index contributed by atoms with van der Waals surface area (Å²) in [5, 5.41) is 2.07. The van der Waals surface area contributed by atoms with Gasteiger partial charge in [0.15, 0.2) is 0 Å². The highest BCUT2D eigenvalue weighted by Crippen LogP contribution is 2.38. The van der Waals surface area contributed by atoms with Gasteiger partial charge in [-0.3, -0.25) is 0 Å². The summed E-state index contributed by atoms with van der Waals surface area (Å²) in [6.07, 6.45) is 1.12. The second-order valence-corrected chi connectivity index (χ2v) is 9.75. The SMILES string of the molecule is CC(C)(C)OC(=O)N1CCc2c(n(CCOc3ccccc3)c3ccc(Cl)c(Cl)c23)CC1. The van der Waals surface area contributed by atoms with Gasteiger partial charge in [-0.1, -0.05) is 41.4 Å². The molecule has 0 saturated carbocycles. The van der Waals surface area contributed by atoms with Crippen molar-refractivity contribution in [2.75, 3.05) is 19.7 Å². The van der Waals surface area contributed by atoms with Crippen molar-refractivity contribution in [3.8, 4) is 5.75 Å². The third-order valence-corrected chi connectivity index (χ3v) is 6.37. The Morgan fingerprint density at radius 1 is 1.03 bits per heavy atom. The molecule has 3 aromatic rings. The van der Waals surface area contributed by atoms with E-state index in [0.29, 0.717) is 49.1 Å². The molecule has 0 atom stereocenters. The van der Waals surface area contributed by atoms with Crippen LogP contribution in [0.25, 0.3) is 10.9 Å². The van der Waals surface area contributed by atoms with Crippen LogP contribution in [0.2, 0.25) is 10.0 Å². The molecule has 170 valence electrons. The minimum atomic E-state index is -0.524. The van der Waals surface area contributed by atoms with Crippen molar-refractivity contribution < 1.29 is 14.3 Å². The molecular weight excluding hydrogens is 447 g/mol. The molecule has 0 unspecified atom stereocenters. The molecule has 2 aromatic carbocycles. The van der Waals surface area contributed by atoms with Crippen molar-refractivity contribution in [3.05, 3.63) is 63.8 Å². The summed E-state index contributed by atoms with van der Waals surface area (Å²) in [5.74, 6) is 0.840. The summed E-state index contributed by atoms with van der Waals surface area (Å²) in [6.45, 7) is 8.00. The number of rotatable bonds is 4. The molecule has 0 radical (unpaired) electrons. The fourth-order valence-corrected chi connectivity index (χ4v) is 4.63. The van der Waals surface area contributed by atoms with Gasteiger partial charge in [0.05, 0.1) is 22.1 Å². The largest absolute Gasteiger partial charge is 0.492 e. The van der Waals surface area contributed by atoms with Gasteiger partial charge in [0, 0.05) is 30.6 Å². The number of amides is 1. The fraction of sp³-hybridized carbons (Fsp3) is 0.400. The van der Waals surface area contributed by atoms with Gasteiger partial charge in [-0.2, -0.15) is 0 Å². The molecule has 1 aliphatic rings. The molecule has 5 nitrogen and oxygen atoms in total. The zero-order chi connectivity index (χ0) is 22.9. The number of aromatic nitrogens is 1. The molecule has 32 heavy (non-hydrogen) atoms. The Morgan fingerprint density at radius 3 is 2.47 bits per heavy atom. The van der Waals surface area contributed by atoms with Gasteiger partial charge in [-0.05, 0) is 57.0 Å². The summed E-state index contributed by atoms with van der Waals surface area (Å²) in [4.78, 5) is 14.4. The van der Waals surface area contributed by atoms with Gasteiger partial charge in [0.2, 0.25) is 0 Å². The number of fused-ring (bicyclic) bond motifs is 3. The first-order valence-corrected chi connectivity index (χ1v) is 11.6. The van der Waals surface area contributed by atoms with E-state index in [4.69, 9.17) is 32.7 Å². The van der Waals surface area contributed by atoms with Crippen molar-refractivity contribution in [2.24, 2.45) is 0 Å². The van der Waals surface area contributed by atoms with E-state index in [1.54, 1.807) is 4.90 Å². The van der Waals surface area contributed by atoms with Crippen molar-refractivity contribution in [1.82, 2.24) is 9.47 Å². The predicted octanol–water partition coefficient (Wildman–Crippen LogP) is 6.36. The van der Waals surface area contributed by atoms with E-state index in [9.17, 15) is 4.79 Å². The second-order valence-electron chi connectivity index (χ2n) is 8.96. The lowest BCUT2D eigenvalue weighted by Crippen LogP contribution is -2.38. The molecule has 0 fully saturated rings. The maximum absolute atomic E-state index is 12.7. The van der Waals surface area contributed by atoms with Crippen molar-refractivity contribution in [3.63, 3.8) is 0 Å². The number of carbonyl (C=O) groups is 1. The quantitative estimate of drug-likeness (QED) is 0.441. The van der Waals surface area contributed by atoms with E-state index >= 15 is 0 Å². The Balaban J connectivity index is 1.62. The fourth-order valence-electron chi connectivity index (χ4n) is 4.20. The number of carbonyl (C=O) groups excluding carboxylic acids is 1. The van der Waals surface area contributed by atoms with Crippen LogP contribution < -0.4 is 4.74 Å². The molecule has 1 amide bonds. The molecule has 7 heteroatoms. The van der Waals surface area contributed by atoms with Crippen molar-refractivity contribution >= 4 is 40.2 Å². The molecule has 0 N–H and O–H groups in total. The Kier molecular flexibility index (Phi) is 6.59. The van der Waals surface area contributed by atoms with Crippen LogP contribution in [0, 0.1) is 0 Å². The zero-order valence-corrected chi connectivity index (χ0v) is 20.2. The Morgan fingerprint density at radius 2 is 1.75 bits per heavy atom. The minimum absolute atomic E-state index is 0.282. The molecular formula is C25H28Cl2N2O3. The van der Waals surface area contributed by atoms with E-state index in [-0.39, 0.29) is 6.09 Å². The van der Waals surface area contributed by atoms with Gasteiger partial charge in [0.25, 0.3) is 0 Å². The van der Waals surface area contributed by atoms with Crippen LogP contribution in [0.15, 0.2) is 42.5 Å². The molecule has 0 bridgehead atoms. The summed E-state index contributed by atoms with van der Waals surface area (Å²) >= 11 is 13.0. The number of hydrogen-bond donors (Lipinski definition) is 0. The van der Waals surface area contributed by atoms with E-state index in [1.807, 2.05) is 63.2 Å². The number of nitrogens with zero attached hydrogens (tertiary/aromatic N) is 2. The lowest BCUT2D eigenvalue weighted by atomic mass is 10.1. The summed E-state index contributed by atoms with van der Waals surface area (Å²) in [5.41, 5.74) is 2.85. The Bertz CT molecular complexity index is 1120. The molecule has 0 aliphatic carbocycles. The summed E-state index contributed by atoms with van der Waals surface area (Å²) in [6, 6.07) is 13.6. The first-order chi connectivity index (χ1) is 15.2. The molecule has 0 saturated heterocycles. The maximum atomic E-state index is 12.7. The maximum Gasteiger partial charge on any atom is 0.410 e. The van der Waals surface area contributed by atoms with Gasteiger partial charge in [-0.15, -0.1) is 0 Å². The second kappa shape index (κ2) is 9.24. The lowest BCUT2D eigenvalue weighted by molar-refractivity contribution is 0.0258. The molecule has 2 heterocycles. The molecule has 1 aliphatic heterocycles. The van der Waals surface area contributed by atoms with Crippen LogP contribution in [-0.2, 0) is 24.1 Å². The van der Waals surface area contributed by atoms with Crippen LogP contribution in [0.5, 0.6) is 5.75 Å². The van der Waals surface area contributed by atoms with E-state index in [0.717, 1.165) is 22.2 Å². The summed E-state index contributed by atoms with van der Waals surface area (Å²) < 4.78 is 13.8. The third-order valence-electron chi connectivity index (χ3n) is 5.57. The standard InChI is InChI=1S/C25H28Cl2N2O3/c1-25(2,3)32-24(30)28-13-11-18-20(12-14-28)29(15-16-31-17-7-5-4-6-8-17)21-10-9-19(26)23(27)22(18)21/h4-10H,11-16H2,1-3H3. The molecule has 0 spiro atoms. The Labute approximate surface area is 198 Å². The van der Waals surface area contributed by atoms with E-state index in [1.165, 1.54) is 5.69 Å². The van der Waals surface area contributed by atoms with Crippen LogP contribution in [0.4, 0.5) is 4.79 Å². The number of para-hydroxylation sites is 1. The zero-order valence-electron chi connectivity index (χ0n) is 18.7. The van der Waals surface area contributed by atoms with Crippen LogP contribution >= 0.6 is 23.2 Å². The number of halogens is 2. The highest BCUT2D eigenvalue weighted by molar-refractivity contribution is 6.45. The lowest BCUT2D eigenvalue weighted by Gasteiger charge is -2.26. The van der Waals surface area contributed by atoms with Gasteiger partial charge in [0.1, 0.15) is 18.0 Å². The van der Waals surface area contributed by atoms with Crippen LogP contribution in [0.3, 0.4) is 0 Å². The van der Waals surface area contributed by atoms with Crippen LogP contribution in [-0.4, -0.2) is 40.9 Å². The third kappa shape index (κ3) is 4.84. The predicted molar refractivity (Wildman–Crippen MR) is 129 cm³/mol. The average Bonchev–Trinajstić information content (AvgIpc) is 2.88. The number of ether oxygens (including phenoxy) is 2. The van der Waals surface area contributed by atoms with Gasteiger partial charge < -0.3 is 18.9 Å². The minimum Gasteiger partial charge on any atom is -0.492 e. The Hall–Kier alpha value is -2.37. The normalized spacial score (nSPS) is 14.2. The summed E-state index contributed by atoms with van der Waals surface area (Å²) in [7, 11) is 0. The number of hydrogen-bond acceptors (Lipinski definition) is 3. The number of benzene rings is 2. The molecule has 4 rings (SSSR count). The monoisotopic (exact) mass is 474 g/mol. The average molecular weight is 475 g/mol. The smallest absolute Gasteiger partial charge is 0.410 e. The highest BCUT2D eigenvalue weighted by atomic mass is 35.5. The van der Waals surface area contributed by atoms with Crippen LogP contribution in [0.1, 0.15) is 32.0 Å². The van der Waals surface area contributed by atoms with Gasteiger partial charge in [-0.25, -0.2) is 4.79 Å². The first kappa shape index (κ1) is 22.8. The van der Waals surface area contributed by atoms with E-state index in [2.05, 4.69) is 4.57 Å². The highest BCUT2D eigenvalue weighted by Gasteiger charge is 2.28. The molecule has 1 aromatic heterocycles. The first-order valence-electron chi connectivity index (χ1n) is 10.9.